The van der Waals surface area contributed by atoms with Gasteiger partial charge < -0.3 is 15.3 Å². The number of carboxylic acid groups (broad SMARTS) is 1. The third-order valence-electron chi connectivity index (χ3n) is 4.35. The Hall–Kier alpha value is -1.26. The molecule has 1 saturated heterocycles. The van der Waals surface area contributed by atoms with Crippen LogP contribution >= 0.6 is 0 Å². The van der Waals surface area contributed by atoms with E-state index in [9.17, 15) is 9.59 Å². The van der Waals surface area contributed by atoms with Crippen molar-refractivity contribution in [2.24, 2.45) is 11.3 Å². The van der Waals surface area contributed by atoms with Crippen LogP contribution in [0.5, 0.6) is 0 Å². The van der Waals surface area contributed by atoms with Crippen LogP contribution in [-0.4, -0.2) is 41.1 Å². The zero-order chi connectivity index (χ0) is 14.0. The summed E-state index contributed by atoms with van der Waals surface area (Å²) in [5.74, 6) is -1.20. The minimum absolute atomic E-state index is 0.0892. The Morgan fingerprint density at radius 1 is 1.32 bits per heavy atom. The summed E-state index contributed by atoms with van der Waals surface area (Å²) in [5, 5.41) is 12.1. The van der Waals surface area contributed by atoms with Gasteiger partial charge in [0.1, 0.15) is 0 Å². The van der Waals surface area contributed by atoms with Gasteiger partial charge in [-0.05, 0) is 37.5 Å². The normalized spacial score (nSPS) is 30.1. The summed E-state index contributed by atoms with van der Waals surface area (Å²) in [6.45, 7) is 5.46. The SMILES string of the molecule is CC1(C)CCC(NC(=O)N2CCC[C@H](C(=O)O)C2)C1. The van der Waals surface area contributed by atoms with E-state index in [1.807, 2.05) is 0 Å². The molecule has 1 unspecified atom stereocenters. The number of nitrogens with zero attached hydrogens (tertiary/aromatic N) is 1. The van der Waals surface area contributed by atoms with Crippen LogP contribution in [0.15, 0.2) is 0 Å². The first kappa shape index (κ1) is 14.2. The van der Waals surface area contributed by atoms with E-state index in [-0.39, 0.29) is 12.1 Å². The summed E-state index contributed by atoms with van der Waals surface area (Å²) < 4.78 is 0. The van der Waals surface area contributed by atoms with E-state index < -0.39 is 11.9 Å². The first-order valence-electron chi connectivity index (χ1n) is 7.16. The molecule has 5 nitrogen and oxygen atoms in total. The second-order valence-electron chi connectivity index (χ2n) is 6.68. The molecule has 108 valence electrons. The molecule has 0 radical (unpaired) electrons. The van der Waals surface area contributed by atoms with Crippen molar-refractivity contribution in [1.29, 1.82) is 0 Å². The Morgan fingerprint density at radius 2 is 2.05 bits per heavy atom. The van der Waals surface area contributed by atoms with Crippen molar-refractivity contribution in [2.75, 3.05) is 13.1 Å². The second kappa shape index (κ2) is 5.39. The maximum absolute atomic E-state index is 12.2. The highest BCUT2D eigenvalue weighted by Crippen LogP contribution is 2.37. The van der Waals surface area contributed by atoms with Crippen LogP contribution in [0.2, 0.25) is 0 Å². The fraction of sp³-hybridized carbons (Fsp3) is 0.857. The highest BCUT2D eigenvalue weighted by Gasteiger charge is 2.34. The van der Waals surface area contributed by atoms with Crippen LogP contribution in [0.25, 0.3) is 0 Å². The number of carboxylic acids is 1. The minimum atomic E-state index is -0.792. The molecule has 0 bridgehead atoms. The van der Waals surface area contributed by atoms with E-state index in [4.69, 9.17) is 5.11 Å². The lowest BCUT2D eigenvalue weighted by Crippen LogP contribution is -2.49. The summed E-state index contributed by atoms with van der Waals surface area (Å²) in [6.07, 6.45) is 4.62. The number of carbonyl (C=O) groups is 2. The maximum Gasteiger partial charge on any atom is 0.317 e. The standard InChI is InChI=1S/C14H24N2O3/c1-14(2)6-5-11(8-14)15-13(19)16-7-3-4-10(9-16)12(17)18/h10-11H,3-9H2,1-2H3,(H,15,19)(H,17,18)/t10-,11?/m0/s1. The fourth-order valence-corrected chi connectivity index (χ4v) is 3.19. The molecule has 0 aromatic heterocycles. The molecule has 5 heteroatoms. The van der Waals surface area contributed by atoms with Crippen molar-refractivity contribution in [3.8, 4) is 0 Å². The number of hydrogen-bond donors (Lipinski definition) is 2. The summed E-state index contributed by atoms with van der Waals surface area (Å²) in [7, 11) is 0. The summed E-state index contributed by atoms with van der Waals surface area (Å²) in [6, 6.07) is 0.154. The third kappa shape index (κ3) is 3.61. The van der Waals surface area contributed by atoms with Crippen molar-refractivity contribution in [2.45, 2.75) is 52.0 Å². The van der Waals surface area contributed by atoms with Crippen molar-refractivity contribution in [3.63, 3.8) is 0 Å². The van der Waals surface area contributed by atoms with Gasteiger partial charge in [0.2, 0.25) is 0 Å². The molecule has 2 atom stereocenters. The predicted molar refractivity (Wildman–Crippen MR) is 71.9 cm³/mol. The molecule has 2 fully saturated rings. The molecule has 2 aliphatic rings. The number of carbonyl (C=O) groups excluding carboxylic acids is 1. The lowest BCUT2D eigenvalue weighted by Gasteiger charge is -2.31. The molecule has 1 heterocycles. The molecule has 2 N–H and O–H groups in total. The van der Waals surface area contributed by atoms with Crippen LogP contribution in [0.4, 0.5) is 4.79 Å². The van der Waals surface area contributed by atoms with Crippen LogP contribution in [0.3, 0.4) is 0 Å². The summed E-state index contributed by atoms with van der Waals surface area (Å²) in [5.41, 5.74) is 0.309. The number of urea groups is 1. The van der Waals surface area contributed by atoms with Gasteiger partial charge in [0, 0.05) is 19.1 Å². The van der Waals surface area contributed by atoms with Gasteiger partial charge in [0.05, 0.1) is 5.92 Å². The Balaban J connectivity index is 1.85. The van der Waals surface area contributed by atoms with Crippen molar-refractivity contribution >= 4 is 12.0 Å². The molecular weight excluding hydrogens is 244 g/mol. The molecular formula is C14H24N2O3. The Labute approximate surface area is 114 Å². The van der Waals surface area contributed by atoms with Crippen molar-refractivity contribution in [3.05, 3.63) is 0 Å². The predicted octanol–water partition coefficient (Wildman–Crippen LogP) is 2.07. The van der Waals surface area contributed by atoms with Crippen molar-refractivity contribution in [1.82, 2.24) is 10.2 Å². The summed E-state index contributed by atoms with van der Waals surface area (Å²) in [4.78, 5) is 24.8. The monoisotopic (exact) mass is 268 g/mol. The zero-order valence-electron chi connectivity index (χ0n) is 11.8. The first-order chi connectivity index (χ1) is 8.87. The van der Waals surface area contributed by atoms with Crippen molar-refractivity contribution < 1.29 is 14.7 Å². The zero-order valence-corrected chi connectivity index (χ0v) is 11.8. The quantitative estimate of drug-likeness (QED) is 0.805. The van der Waals surface area contributed by atoms with E-state index in [1.54, 1.807) is 4.90 Å². The van der Waals surface area contributed by atoms with Gasteiger partial charge in [0.15, 0.2) is 0 Å². The lowest BCUT2D eigenvalue weighted by atomic mass is 9.92. The largest absolute Gasteiger partial charge is 0.481 e. The highest BCUT2D eigenvalue weighted by molar-refractivity contribution is 5.76. The number of piperidine rings is 1. The first-order valence-corrected chi connectivity index (χ1v) is 7.16. The van der Waals surface area contributed by atoms with Gasteiger partial charge in [-0.2, -0.15) is 0 Å². The molecule has 0 aromatic carbocycles. The van der Waals surface area contributed by atoms with Gasteiger partial charge in [0.25, 0.3) is 0 Å². The molecule has 0 aromatic rings. The molecule has 2 amide bonds. The average molecular weight is 268 g/mol. The van der Waals surface area contributed by atoms with E-state index in [0.29, 0.717) is 24.9 Å². The number of hydrogen-bond acceptors (Lipinski definition) is 2. The number of rotatable bonds is 2. The lowest BCUT2D eigenvalue weighted by molar-refractivity contribution is -0.143. The van der Waals surface area contributed by atoms with Crippen LogP contribution in [-0.2, 0) is 4.79 Å². The van der Waals surface area contributed by atoms with Gasteiger partial charge in [-0.1, -0.05) is 13.8 Å². The minimum Gasteiger partial charge on any atom is -0.481 e. The van der Waals surface area contributed by atoms with E-state index >= 15 is 0 Å². The Kier molecular flexibility index (Phi) is 4.02. The number of amides is 2. The van der Waals surface area contributed by atoms with Gasteiger partial charge in [-0.15, -0.1) is 0 Å². The summed E-state index contributed by atoms with van der Waals surface area (Å²) >= 11 is 0. The average Bonchev–Trinajstić information content (AvgIpc) is 2.68. The van der Waals surface area contributed by atoms with Gasteiger partial charge in [-0.3, -0.25) is 4.79 Å². The van der Waals surface area contributed by atoms with Crippen LogP contribution in [0.1, 0.15) is 46.0 Å². The van der Waals surface area contributed by atoms with Gasteiger partial charge in [-0.25, -0.2) is 4.79 Å². The molecule has 2 rings (SSSR count). The van der Waals surface area contributed by atoms with Crippen LogP contribution < -0.4 is 5.32 Å². The molecule has 19 heavy (non-hydrogen) atoms. The molecule has 1 aliphatic carbocycles. The smallest absolute Gasteiger partial charge is 0.317 e. The van der Waals surface area contributed by atoms with E-state index in [2.05, 4.69) is 19.2 Å². The maximum atomic E-state index is 12.2. The molecule has 0 spiro atoms. The third-order valence-corrected chi connectivity index (χ3v) is 4.35. The number of likely N-dealkylation sites (tertiary alicyclic amines) is 1. The molecule has 1 aliphatic heterocycles. The highest BCUT2D eigenvalue weighted by atomic mass is 16.4. The van der Waals surface area contributed by atoms with E-state index in [1.165, 1.54) is 0 Å². The Bertz CT molecular complexity index is 368. The number of nitrogens with one attached hydrogen (secondary N) is 1. The second-order valence-corrected chi connectivity index (χ2v) is 6.68. The van der Waals surface area contributed by atoms with E-state index in [0.717, 1.165) is 25.7 Å². The number of aliphatic carboxylic acids is 1. The van der Waals surface area contributed by atoms with Gasteiger partial charge >= 0.3 is 12.0 Å². The fourth-order valence-electron chi connectivity index (χ4n) is 3.19. The van der Waals surface area contributed by atoms with Crippen LogP contribution in [0, 0.1) is 11.3 Å². The molecule has 1 saturated carbocycles. The Morgan fingerprint density at radius 3 is 2.63 bits per heavy atom. The topological polar surface area (TPSA) is 69.6 Å².